The molecule has 0 fully saturated rings. The van der Waals surface area contributed by atoms with Gasteiger partial charge >= 0.3 is 0 Å². The van der Waals surface area contributed by atoms with Gasteiger partial charge in [0.05, 0.1) is 11.4 Å². The van der Waals surface area contributed by atoms with Gasteiger partial charge < -0.3 is 5.32 Å². The molecular weight excluding hydrogens is 435 g/mol. The third-order valence-corrected chi connectivity index (χ3v) is 5.16. The van der Waals surface area contributed by atoms with Crippen molar-refractivity contribution in [3.8, 4) is 11.1 Å². The second kappa shape index (κ2) is 7.75. The Balaban J connectivity index is 1.66. The van der Waals surface area contributed by atoms with E-state index < -0.39 is 5.82 Å². The molecule has 0 aliphatic heterocycles. The summed E-state index contributed by atoms with van der Waals surface area (Å²) in [6, 6.07) is 14.7. The van der Waals surface area contributed by atoms with Crippen LogP contribution in [0.4, 0.5) is 10.1 Å². The minimum Gasteiger partial charge on any atom is -0.322 e. The molecule has 0 saturated carbocycles. The van der Waals surface area contributed by atoms with Crippen molar-refractivity contribution in [2.45, 2.75) is 20.4 Å². The van der Waals surface area contributed by atoms with Crippen LogP contribution in [0.3, 0.4) is 0 Å². The van der Waals surface area contributed by atoms with Gasteiger partial charge in [0.15, 0.2) is 5.65 Å². The lowest BCUT2D eigenvalue weighted by atomic mass is 10.0. The lowest BCUT2D eigenvalue weighted by molar-refractivity contribution is -0.116. The normalized spacial score (nSPS) is 11.0. The quantitative estimate of drug-likeness (QED) is 0.459. The van der Waals surface area contributed by atoms with Crippen LogP contribution < -0.4 is 5.32 Å². The van der Waals surface area contributed by atoms with E-state index >= 15 is 0 Å². The van der Waals surface area contributed by atoms with E-state index in [4.69, 9.17) is 0 Å². The van der Waals surface area contributed by atoms with Crippen molar-refractivity contribution in [3.63, 3.8) is 0 Å². The molecule has 0 aliphatic rings. The summed E-state index contributed by atoms with van der Waals surface area (Å²) in [7, 11) is 0. The molecule has 1 amide bonds. The minimum atomic E-state index is -0.506. The van der Waals surface area contributed by atoms with Crippen LogP contribution in [0, 0.1) is 19.7 Å². The SMILES string of the molecule is Cc1ccc(-c2ccnc3c2c(C)nn3CC(=O)Nc2ccc(Br)cc2F)cc1. The van der Waals surface area contributed by atoms with E-state index in [0.29, 0.717) is 10.1 Å². The number of carbonyl (C=O) groups is 1. The van der Waals surface area contributed by atoms with Crippen LogP contribution in [-0.2, 0) is 11.3 Å². The lowest BCUT2D eigenvalue weighted by Crippen LogP contribution is -2.20. The molecule has 4 aromatic rings. The summed E-state index contributed by atoms with van der Waals surface area (Å²) in [5.41, 5.74) is 4.78. The fourth-order valence-electron chi connectivity index (χ4n) is 3.28. The molecule has 5 nitrogen and oxygen atoms in total. The van der Waals surface area contributed by atoms with Crippen molar-refractivity contribution in [1.82, 2.24) is 14.8 Å². The number of halogens is 2. The molecule has 0 atom stereocenters. The number of pyridine rings is 1. The van der Waals surface area contributed by atoms with Gasteiger partial charge in [-0.15, -0.1) is 0 Å². The van der Waals surface area contributed by atoms with Crippen LogP contribution in [-0.4, -0.2) is 20.7 Å². The molecule has 2 aromatic heterocycles. The smallest absolute Gasteiger partial charge is 0.246 e. The van der Waals surface area contributed by atoms with Crippen LogP contribution in [0.15, 0.2) is 59.2 Å². The van der Waals surface area contributed by atoms with Crippen molar-refractivity contribution in [2.24, 2.45) is 0 Å². The maximum Gasteiger partial charge on any atom is 0.246 e. The van der Waals surface area contributed by atoms with E-state index in [2.05, 4.69) is 55.6 Å². The molecule has 0 radical (unpaired) electrons. The summed E-state index contributed by atoms with van der Waals surface area (Å²) in [5, 5.41) is 7.99. The Bertz CT molecular complexity index is 1220. The molecule has 2 aromatic carbocycles. The van der Waals surface area contributed by atoms with E-state index in [1.807, 2.05) is 19.9 Å². The highest BCUT2D eigenvalue weighted by molar-refractivity contribution is 9.10. The monoisotopic (exact) mass is 452 g/mol. The first-order valence-electron chi connectivity index (χ1n) is 9.06. The Morgan fingerprint density at radius 1 is 1.14 bits per heavy atom. The van der Waals surface area contributed by atoms with Gasteiger partial charge in [-0.3, -0.25) is 4.79 Å². The van der Waals surface area contributed by atoms with E-state index in [1.165, 1.54) is 17.7 Å². The summed E-state index contributed by atoms with van der Waals surface area (Å²) in [6.45, 7) is 3.87. The highest BCUT2D eigenvalue weighted by Crippen LogP contribution is 2.30. The third kappa shape index (κ3) is 3.91. The number of benzene rings is 2. The van der Waals surface area contributed by atoms with Crippen molar-refractivity contribution in [3.05, 3.63) is 76.3 Å². The molecule has 2 heterocycles. The topological polar surface area (TPSA) is 59.8 Å². The first-order valence-corrected chi connectivity index (χ1v) is 9.86. The number of hydrogen-bond acceptors (Lipinski definition) is 3. The number of fused-ring (bicyclic) bond motifs is 1. The van der Waals surface area contributed by atoms with E-state index in [-0.39, 0.29) is 18.1 Å². The van der Waals surface area contributed by atoms with E-state index in [1.54, 1.807) is 16.9 Å². The first kappa shape index (κ1) is 19.3. The molecule has 0 aliphatic carbocycles. The van der Waals surface area contributed by atoms with Gasteiger partial charge in [-0.2, -0.15) is 5.10 Å². The molecule has 0 bridgehead atoms. The fraction of sp³-hybridized carbons (Fsp3) is 0.136. The molecular formula is C22H18BrFN4O. The van der Waals surface area contributed by atoms with Crippen LogP contribution >= 0.6 is 15.9 Å². The van der Waals surface area contributed by atoms with Crippen molar-refractivity contribution < 1.29 is 9.18 Å². The molecule has 0 unspecified atom stereocenters. The Hall–Kier alpha value is -3.06. The molecule has 4 rings (SSSR count). The van der Waals surface area contributed by atoms with Crippen molar-refractivity contribution in [1.29, 1.82) is 0 Å². The summed E-state index contributed by atoms with van der Waals surface area (Å²) in [6.07, 6.45) is 1.71. The zero-order valence-corrected chi connectivity index (χ0v) is 17.5. The zero-order valence-electron chi connectivity index (χ0n) is 15.9. The predicted molar refractivity (Wildman–Crippen MR) is 115 cm³/mol. The van der Waals surface area contributed by atoms with Gasteiger partial charge in [0.1, 0.15) is 12.4 Å². The summed E-state index contributed by atoms with van der Waals surface area (Å²) in [5.74, 6) is -0.882. The largest absolute Gasteiger partial charge is 0.322 e. The number of amides is 1. The molecule has 0 saturated heterocycles. The van der Waals surface area contributed by atoms with Crippen LogP contribution in [0.1, 0.15) is 11.3 Å². The average Bonchev–Trinajstić information content (AvgIpc) is 3.00. The number of hydrogen-bond donors (Lipinski definition) is 1. The summed E-state index contributed by atoms with van der Waals surface area (Å²) in [4.78, 5) is 16.9. The second-order valence-electron chi connectivity index (χ2n) is 6.84. The van der Waals surface area contributed by atoms with Crippen LogP contribution in [0.25, 0.3) is 22.2 Å². The summed E-state index contributed by atoms with van der Waals surface area (Å²) < 4.78 is 16.2. The highest BCUT2D eigenvalue weighted by Gasteiger charge is 2.16. The van der Waals surface area contributed by atoms with Gasteiger partial charge in [-0.1, -0.05) is 45.8 Å². The Morgan fingerprint density at radius 3 is 2.62 bits per heavy atom. The van der Waals surface area contributed by atoms with Gasteiger partial charge in [0, 0.05) is 16.1 Å². The number of nitrogens with zero attached hydrogens (tertiary/aromatic N) is 3. The maximum atomic E-state index is 14.0. The van der Waals surface area contributed by atoms with Crippen molar-refractivity contribution in [2.75, 3.05) is 5.32 Å². The number of rotatable bonds is 4. The van der Waals surface area contributed by atoms with E-state index in [0.717, 1.165) is 22.2 Å². The number of aryl methyl sites for hydroxylation is 2. The van der Waals surface area contributed by atoms with E-state index in [9.17, 15) is 9.18 Å². The fourth-order valence-corrected chi connectivity index (χ4v) is 3.62. The predicted octanol–water partition coefficient (Wildman–Crippen LogP) is 5.26. The lowest BCUT2D eigenvalue weighted by Gasteiger charge is -2.08. The highest BCUT2D eigenvalue weighted by atomic mass is 79.9. The molecule has 146 valence electrons. The van der Waals surface area contributed by atoms with Crippen LogP contribution in [0.5, 0.6) is 0 Å². The van der Waals surface area contributed by atoms with Gasteiger partial charge in [0.25, 0.3) is 0 Å². The number of aromatic nitrogens is 3. The average molecular weight is 453 g/mol. The maximum absolute atomic E-state index is 14.0. The van der Waals surface area contributed by atoms with Crippen LogP contribution in [0.2, 0.25) is 0 Å². The molecule has 29 heavy (non-hydrogen) atoms. The van der Waals surface area contributed by atoms with Crippen molar-refractivity contribution >= 4 is 38.6 Å². The second-order valence-corrected chi connectivity index (χ2v) is 7.75. The molecule has 7 heteroatoms. The summed E-state index contributed by atoms with van der Waals surface area (Å²) >= 11 is 3.20. The molecule has 1 N–H and O–H groups in total. The Labute approximate surface area is 175 Å². The third-order valence-electron chi connectivity index (χ3n) is 4.67. The van der Waals surface area contributed by atoms with Gasteiger partial charge in [-0.25, -0.2) is 14.1 Å². The van der Waals surface area contributed by atoms with Gasteiger partial charge in [0.2, 0.25) is 5.91 Å². The zero-order chi connectivity index (χ0) is 20.5. The standard InChI is InChI=1S/C22H18BrFN4O/c1-13-3-5-15(6-4-13)17-9-10-25-22-21(17)14(2)27-28(22)12-20(29)26-19-8-7-16(23)11-18(19)24/h3-11H,12H2,1-2H3,(H,26,29). The number of carbonyl (C=O) groups excluding carboxylic acids is 1. The number of nitrogens with one attached hydrogen (secondary N) is 1. The Kier molecular flexibility index (Phi) is 5.15. The van der Waals surface area contributed by atoms with Gasteiger partial charge in [-0.05, 0) is 49.2 Å². The minimum absolute atomic E-state index is 0.0653. The first-order chi connectivity index (χ1) is 13.9. The number of anilines is 1. The molecule has 0 spiro atoms. The Morgan fingerprint density at radius 2 is 1.90 bits per heavy atom.